The molecule has 1 atom stereocenters. The highest BCUT2D eigenvalue weighted by molar-refractivity contribution is 5.56. The van der Waals surface area contributed by atoms with Crippen LogP contribution in [0.5, 0.6) is 5.75 Å². The van der Waals surface area contributed by atoms with Gasteiger partial charge in [-0.3, -0.25) is 0 Å². The molecule has 88 valence electrons. The lowest BCUT2D eigenvalue weighted by molar-refractivity contribution is 0.229. The van der Waals surface area contributed by atoms with E-state index in [1.165, 1.54) is 11.3 Å². The highest BCUT2D eigenvalue weighted by Crippen LogP contribution is 2.28. The van der Waals surface area contributed by atoms with Gasteiger partial charge >= 0.3 is 0 Å². The van der Waals surface area contributed by atoms with Crippen LogP contribution in [0.15, 0.2) is 18.2 Å². The average molecular weight is 221 g/mol. The van der Waals surface area contributed by atoms with E-state index in [2.05, 4.69) is 17.4 Å². The fourth-order valence-corrected chi connectivity index (χ4v) is 2.02. The van der Waals surface area contributed by atoms with E-state index in [0.717, 1.165) is 18.7 Å². The van der Waals surface area contributed by atoms with Gasteiger partial charge in [0.25, 0.3) is 0 Å². The SMILES string of the molecule is CC(C)Oc1ccc2c(c1)CC(CO)CN2. The number of anilines is 1. The van der Waals surface area contributed by atoms with Crippen LogP contribution in [0.4, 0.5) is 5.69 Å². The fraction of sp³-hybridized carbons (Fsp3) is 0.538. The van der Waals surface area contributed by atoms with Crippen molar-refractivity contribution in [3.8, 4) is 5.75 Å². The van der Waals surface area contributed by atoms with Crippen LogP contribution in [0, 0.1) is 5.92 Å². The van der Waals surface area contributed by atoms with E-state index in [9.17, 15) is 0 Å². The summed E-state index contributed by atoms with van der Waals surface area (Å²) in [5.74, 6) is 1.23. The number of aliphatic hydroxyl groups is 1. The molecule has 0 amide bonds. The molecular weight excluding hydrogens is 202 g/mol. The molecule has 0 radical (unpaired) electrons. The van der Waals surface area contributed by atoms with Crippen LogP contribution in [-0.4, -0.2) is 24.4 Å². The van der Waals surface area contributed by atoms with Gasteiger partial charge in [-0.05, 0) is 44.0 Å². The number of nitrogens with one attached hydrogen (secondary N) is 1. The molecular formula is C13H19NO2. The summed E-state index contributed by atoms with van der Waals surface area (Å²) in [5.41, 5.74) is 2.41. The summed E-state index contributed by atoms with van der Waals surface area (Å²) < 4.78 is 5.66. The van der Waals surface area contributed by atoms with Gasteiger partial charge < -0.3 is 15.2 Å². The van der Waals surface area contributed by atoms with Crippen molar-refractivity contribution in [2.75, 3.05) is 18.5 Å². The molecule has 0 fully saturated rings. The van der Waals surface area contributed by atoms with Gasteiger partial charge in [0.05, 0.1) is 6.10 Å². The molecule has 1 aromatic carbocycles. The van der Waals surface area contributed by atoms with Crippen LogP contribution in [0.2, 0.25) is 0 Å². The van der Waals surface area contributed by atoms with Crippen LogP contribution in [0.3, 0.4) is 0 Å². The van der Waals surface area contributed by atoms with Crippen molar-refractivity contribution in [1.29, 1.82) is 0 Å². The second-order valence-electron chi connectivity index (χ2n) is 4.62. The van der Waals surface area contributed by atoms with Gasteiger partial charge in [0, 0.05) is 24.8 Å². The van der Waals surface area contributed by atoms with Crippen molar-refractivity contribution in [3.05, 3.63) is 23.8 Å². The van der Waals surface area contributed by atoms with Gasteiger partial charge in [0.1, 0.15) is 5.75 Å². The van der Waals surface area contributed by atoms with E-state index < -0.39 is 0 Å². The number of aliphatic hydroxyl groups excluding tert-OH is 1. The third kappa shape index (κ3) is 2.47. The molecule has 1 heterocycles. The van der Waals surface area contributed by atoms with Crippen LogP contribution in [0.25, 0.3) is 0 Å². The first kappa shape index (κ1) is 11.3. The quantitative estimate of drug-likeness (QED) is 0.820. The summed E-state index contributed by atoms with van der Waals surface area (Å²) in [7, 11) is 0. The molecule has 2 rings (SSSR count). The predicted octanol–water partition coefficient (Wildman–Crippen LogP) is 2.05. The minimum absolute atomic E-state index is 0.197. The van der Waals surface area contributed by atoms with Gasteiger partial charge in [-0.2, -0.15) is 0 Å². The molecule has 1 aromatic rings. The standard InChI is InChI=1S/C13H19NO2/c1-9(2)16-12-3-4-13-11(6-12)5-10(8-15)7-14-13/h3-4,6,9-10,14-15H,5,7-8H2,1-2H3. The van der Waals surface area contributed by atoms with Crippen molar-refractivity contribution in [1.82, 2.24) is 0 Å². The highest BCUT2D eigenvalue weighted by Gasteiger charge is 2.17. The second kappa shape index (κ2) is 4.74. The van der Waals surface area contributed by atoms with Crippen LogP contribution in [0.1, 0.15) is 19.4 Å². The van der Waals surface area contributed by atoms with Crippen molar-refractivity contribution in [3.63, 3.8) is 0 Å². The largest absolute Gasteiger partial charge is 0.491 e. The first-order valence-electron chi connectivity index (χ1n) is 5.83. The summed E-state index contributed by atoms with van der Waals surface area (Å²) in [6.07, 6.45) is 1.12. The Morgan fingerprint density at radius 2 is 2.31 bits per heavy atom. The number of hydrogen-bond acceptors (Lipinski definition) is 3. The van der Waals surface area contributed by atoms with E-state index in [4.69, 9.17) is 9.84 Å². The lowest BCUT2D eigenvalue weighted by Gasteiger charge is -2.25. The third-order valence-electron chi connectivity index (χ3n) is 2.80. The molecule has 16 heavy (non-hydrogen) atoms. The minimum atomic E-state index is 0.197. The van der Waals surface area contributed by atoms with Gasteiger partial charge in [-0.25, -0.2) is 0 Å². The topological polar surface area (TPSA) is 41.5 Å². The normalized spacial score (nSPS) is 19.1. The Kier molecular flexibility index (Phi) is 3.34. The van der Waals surface area contributed by atoms with Crippen molar-refractivity contribution in [2.45, 2.75) is 26.4 Å². The zero-order chi connectivity index (χ0) is 11.5. The molecule has 1 unspecified atom stereocenters. The van der Waals surface area contributed by atoms with Crippen molar-refractivity contribution >= 4 is 5.69 Å². The molecule has 0 saturated carbocycles. The zero-order valence-corrected chi connectivity index (χ0v) is 9.86. The Morgan fingerprint density at radius 1 is 1.50 bits per heavy atom. The molecule has 0 bridgehead atoms. The highest BCUT2D eigenvalue weighted by atomic mass is 16.5. The molecule has 0 aromatic heterocycles. The summed E-state index contributed by atoms with van der Waals surface area (Å²) >= 11 is 0. The monoisotopic (exact) mass is 221 g/mol. The summed E-state index contributed by atoms with van der Waals surface area (Å²) in [6.45, 7) is 5.14. The maximum absolute atomic E-state index is 9.16. The lowest BCUT2D eigenvalue weighted by atomic mass is 9.94. The van der Waals surface area contributed by atoms with E-state index in [1.54, 1.807) is 0 Å². The summed E-state index contributed by atoms with van der Waals surface area (Å²) in [4.78, 5) is 0. The number of rotatable bonds is 3. The molecule has 3 heteroatoms. The van der Waals surface area contributed by atoms with Crippen molar-refractivity contribution in [2.24, 2.45) is 5.92 Å². The van der Waals surface area contributed by atoms with Crippen LogP contribution >= 0.6 is 0 Å². The predicted molar refractivity (Wildman–Crippen MR) is 65.0 cm³/mol. The van der Waals surface area contributed by atoms with Gasteiger partial charge in [-0.1, -0.05) is 0 Å². The fourth-order valence-electron chi connectivity index (χ4n) is 2.02. The van der Waals surface area contributed by atoms with E-state index in [-0.39, 0.29) is 12.7 Å². The molecule has 3 nitrogen and oxygen atoms in total. The van der Waals surface area contributed by atoms with Gasteiger partial charge in [-0.15, -0.1) is 0 Å². The first-order chi connectivity index (χ1) is 7.69. The Bertz CT molecular complexity index is 363. The number of benzene rings is 1. The third-order valence-corrected chi connectivity index (χ3v) is 2.80. The van der Waals surface area contributed by atoms with E-state index in [1.807, 2.05) is 19.9 Å². The average Bonchev–Trinajstić information content (AvgIpc) is 2.27. The lowest BCUT2D eigenvalue weighted by Crippen LogP contribution is -2.25. The smallest absolute Gasteiger partial charge is 0.120 e. The van der Waals surface area contributed by atoms with E-state index in [0.29, 0.717) is 5.92 Å². The molecule has 0 aliphatic carbocycles. The number of hydrogen-bond donors (Lipinski definition) is 2. The Hall–Kier alpha value is -1.22. The van der Waals surface area contributed by atoms with Crippen molar-refractivity contribution < 1.29 is 9.84 Å². The van der Waals surface area contributed by atoms with Gasteiger partial charge in [0.2, 0.25) is 0 Å². The Morgan fingerprint density at radius 3 is 3.00 bits per heavy atom. The Labute approximate surface area is 96.4 Å². The molecule has 1 aliphatic rings. The molecule has 1 aliphatic heterocycles. The summed E-state index contributed by atoms with van der Waals surface area (Å²) in [6, 6.07) is 6.12. The summed E-state index contributed by atoms with van der Waals surface area (Å²) in [5, 5.41) is 12.5. The second-order valence-corrected chi connectivity index (χ2v) is 4.62. The molecule has 0 saturated heterocycles. The maximum atomic E-state index is 9.16. The Balaban J connectivity index is 2.17. The number of fused-ring (bicyclic) bond motifs is 1. The minimum Gasteiger partial charge on any atom is -0.491 e. The first-order valence-corrected chi connectivity index (χ1v) is 5.83. The zero-order valence-electron chi connectivity index (χ0n) is 9.86. The maximum Gasteiger partial charge on any atom is 0.120 e. The molecule has 2 N–H and O–H groups in total. The molecule has 0 spiro atoms. The van der Waals surface area contributed by atoms with Crippen LogP contribution in [-0.2, 0) is 6.42 Å². The van der Waals surface area contributed by atoms with E-state index >= 15 is 0 Å². The number of ether oxygens (including phenoxy) is 1. The van der Waals surface area contributed by atoms with Crippen LogP contribution < -0.4 is 10.1 Å². The van der Waals surface area contributed by atoms with Gasteiger partial charge in [0.15, 0.2) is 0 Å².